The topological polar surface area (TPSA) is 96.6 Å². The van der Waals surface area contributed by atoms with Gasteiger partial charge in [0, 0.05) is 26.0 Å². The van der Waals surface area contributed by atoms with Crippen molar-refractivity contribution < 1.29 is 36.6 Å². The smallest absolute Gasteiger partial charge is 0.431 e. The zero-order valence-corrected chi connectivity index (χ0v) is 16.6. The van der Waals surface area contributed by atoms with Crippen molar-refractivity contribution in [3.63, 3.8) is 0 Å². The highest BCUT2D eigenvalue weighted by Crippen LogP contribution is 2.41. The summed E-state index contributed by atoms with van der Waals surface area (Å²) in [5.41, 5.74) is -7.38. The molecule has 1 fully saturated rings. The van der Waals surface area contributed by atoms with Crippen molar-refractivity contribution >= 4 is 23.5 Å². The molecule has 0 N–H and O–H groups in total. The number of carbonyl (C=O) groups is 2. The van der Waals surface area contributed by atoms with E-state index in [1.807, 2.05) is 0 Å². The van der Waals surface area contributed by atoms with Crippen LogP contribution in [-0.4, -0.2) is 33.8 Å². The van der Waals surface area contributed by atoms with Crippen LogP contribution in [0.5, 0.6) is 0 Å². The van der Waals surface area contributed by atoms with Crippen LogP contribution in [0.25, 0.3) is 5.69 Å². The average molecular weight is 465 g/mol. The fourth-order valence-corrected chi connectivity index (χ4v) is 3.09. The molecule has 1 heterocycles. The normalized spacial score (nSPS) is 14.8. The molecule has 2 aromatic rings. The molecule has 0 aliphatic heterocycles. The number of methoxy groups -OCH3 is 1. The largest absolute Gasteiger partial charge is 0.466 e. The van der Waals surface area contributed by atoms with E-state index in [1.54, 1.807) is 0 Å². The van der Waals surface area contributed by atoms with Gasteiger partial charge in [-0.1, -0.05) is 11.6 Å². The Kier molecular flexibility index (Phi) is 5.47. The van der Waals surface area contributed by atoms with E-state index >= 15 is 0 Å². The first-order chi connectivity index (χ1) is 14.3. The lowest BCUT2D eigenvalue weighted by Crippen LogP contribution is -2.41. The number of hydrogen-bond donors (Lipinski definition) is 0. The van der Waals surface area contributed by atoms with Gasteiger partial charge in [0.05, 0.1) is 23.4 Å². The third kappa shape index (κ3) is 3.94. The van der Waals surface area contributed by atoms with Gasteiger partial charge < -0.3 is 9.47 Å². The summed E-state index contributed by atoms with van der Waals surface area (Å²) < 4.78 is 63.4. The summed E-state index contributed by atoms with van der Waals surface area (Å²) in [6.45, 7) is 0. The molecule has 0 spiro atoms. The first-order valence-corrected chi connectivity index (χ1v) is 8.91. The predicted molar refractivity (Wildman–Crippen MR) is 96.6 cm³/mol. The van der Waals surface area contributed by atoms with Crippen molar-refractivity contribution in [1.29, 1.82) is 0 Å². The molecule has 1 saturated carbocycles. The van der Waals surface area contributed by atoms with Crippen LogP contribution >= 0.6 is 11.6 Å². The highest BCUT2D eigenvalue weighted by atomic mass is 35.5. The maximum atomic E-state index is 14.5. The van der Waals surface area contributed by atoms with E-state index < -0.39 is 62.7 Å². The number of aromatic nitrogens is 2. The molecule has 8 nitrogen and oxygen atoms in total. The second-order valence-corrected chi connectivity index (χ2v) is 7.11. The third-order valence-electron chi connectivity index (χ3n) is 4.66. The van der Waals surface area contributed by atoms with E-state index in [4.69, 9.17) is 16.3 Å². The number of esters is 2. The standard InChI is InChI=1S/C18H13ClF4N2O6/c1-24-12(18(21,22)23)7-13(26)25(16(24)29)11-5-8(9(19)6-10(11)20)14(27)31-17(3-4-17)15(28)30-2/h5-7H,3-4H2,1-2H3. The zero-order chi connectivity index (χ0) is 23.3. The number of ether oxygens (including phenoxy) is 2. The summed E-state index contributed by atoms with van der Waals surface area (Å²) in [5, 5.41) is -0.469. The maximum absolute atomic E-state index is 14.5. The number of alkyl halides is 3. The van der Waals surface area contributed by atoms with Gasteiger partial charge in [-0.05, 0) is 12.1 Å². The number of benzene rings is 1. The van der Waals surface area contributed by atoms with Crippen LogP contribution in [-0.2, 0) is 27.5 Å². The Hall–Kier alpha value is -3.15. The molecule has 0 saturated heterocycles. The lowest BCUT2D eigenvalue weighted by atomic mass is 10.1. The minimum absolute atomic E-state index is 0.115. The number of nitrogens with zero attached hydrogens (tertiary/aromatic N) is 2. The van der Waals surface area contributed by atoms with Gasteiger partial charge in [-0.15, -0.1) is 0 Å². The third-order valence-corrected chi connectivity index (χ3v) is 4.97. The second-order valence-electron chi connectivity index (χ2n) is 6.70. The number of halogens is 5. The first kappa shape index (κ1) is 22.5. The Bertz CT molecular complexity index is 1210. The Morgan fingerprint density at radius 2 is 1.77 bits per heavy atom. The van der Waals surface area contributed by atoms with Crippen LogP contribution in [0.15, 0.2) is 27.8 Å². The molecule has 1 aromatic heterocycles. The highest BCUT2D eigenvalue weighted by molar-refractivity contribution is 6.33. The van der Waals surface area contributed by atoms with Crippen molar-refractivity contribution in [3.05, 3.63) is 61.1 Å². The lowest BCUT2D eigenvalue weighted by molar-refractivity contribution is -0.153. The predicted octanol–water partition coefficient (Wildman–Crippen LogP) is 2.21. The number of rotatable bonds is 4. The van der Waals surface area contributed by atoms with Gasteiger partial charge in [0.2, 0.25) is 5.60 Å². The first-order valence-electron chi connectivity index (χ1n) is 8.54. The summed E-state index contributed by atoms with van der Waals surface area (Å²) in [5.74, 6) is -3.24. The number of carbonyl (C=O) groups excluding carboxylic acids is 2. The van der Waals surface area contributed by atoms with Crippen molar-refractivity contribution in [1.82, 2.24) is 9.13 Å². The SMILES string of the molecule is COC(=O)C1(OC(=O)c2cc(-n3c(=O)cc(C(F)(F)F)n(C)c3=O)c(F)cc2Cl)CC1. The van der Waals surface area contributed by atoms with Gasteiger partial charge >= 0.3 is 23.8 Å². The summed E-state index contributed by atoms with van der Waals surface area (Å²) in [6, 6.07) is 1.39. The summed E-state index contributed by atoms with van der Waals surface area (Å²) >= 11 is 5.87. The quantitative estimate of drug-likeness (QED) is 0.508. The van der Waals surface area contributed by atoms with Crippen molar-refractivity contribution in [3.8, 4) is 5.69 Å². The van der Waals surface area contributed by atoms with Gasteiger partial charge in [0.1, 0.15) is 11.5 Å². The number of hydrogen-bond acceptors (Lipinski definition) is 6. The van der Waals surface area contributed by atoms with Gasteiger partial charge in [-0.3, -0.25) is 9.36 Å². The molecular formula is C18H13ClF4N2O6. The summed E-state index contributed by atoms with van der Waals surface area (Å²) in [4.78, 5) is 48.9. The fraction of sp³-hybridized carbons (Fsp3) is 0.333. The van der Waals surface area contributed by atoms with Crippen LogP contribution in [0.1, 0.15) is 28.9 Å². The van der Waals surface area contributed by atoms with Crippen molar-refractivity contribution in [2.75, 3.05) is 7.11 Å². The lowest BCUT2D eigenvalue weighted by Gasteiger charge is -2.17. The minimum Gasteiger partial charge on any atom is -0.466 e. The maximum Gasteiger partial charge on any atom is 0.431 e. The van der Waals surface area contributed by atoms with E-state index in [1.165, 1.54) is 0 Å². The monoisotopic (exact) mass is 464 g/mol. The Balaban J connectivity index is 2.12. The molecule has 3 rings (SSSR count). The van der Waals surface area contributed by atoms with Crippen molar-refractivity contribution in [2.24, 2.45) is 7.05 Å². The molecule has 0 amide bonds. The molecule has 1 aliphatic carbocycles. The second kappa shape index (κ2) is 7.52. The van der Waals surface area contributed by atoms with Gasteiger partial charge in [-0.25, -0.2) is 23.3 Å². The van der Waals surface area contributed by atoms with Gasteiger partial charge in [0.25, 0.3) is 5.56 Å². The molecule has 166 valence electrons. The average Bonchev–Trinajstić information content (AvgIpc) is 3.45. The molecule has 13 heteroatoms. The van der Waals surface area contributed by atoms with Crippen molar-refractivity contribution in [2.45, 2.75) is 24.6 Å². The summed E-state index contributed by atoms with van der Waals surface area (Å²) in [7, 11) is 1.84. The van der Waals surface area contributed by atoms with Crippen LogP contribution in [0.2, 0.25) is 5.02 Å². The molecule has 0 radical (unpaired) electrons. The molecule has 1 aliphatic rings. The fourth-order valence-electron chi connectivity index (χ4n) is 2.86. The molecule has 0 unspecified atom stereocenters. The van der Waals surface area contributed by atoms with E-state index in [0.717, 1.165) is 14.2 Å². The van der Waals surface area contributed by atoms with Gasteiger partial charge in [0.15, 0.2) is 0 Å². The molecular weight excluding hydrogens is 452 g/mol. The molecule has 1 aromatic carbocycles. The highest BCUT2D eigenvalue weighted by Gasteiger charge is 2.55. The molecule has 0 atom stereocenters. The van der Waals surface area contributed by atoms with E-state index in [2.05, 4.69) is 4.74 Å². The summed E-state index contributed by atoms with van der Waals surface area (Å²) in [6.07, 6.45) is -4.65. The van der Waals surface area contributed by atoms with E-state index in [9.17, 15) is 36.7 Å². The molecule has 0 bridgehead atoms. The zero-order valence-electron chi connectivity index (χ0n) is 15.9. The van der Waals surface area contributed by atoms with E-state index in [0.29, 0.717) is 12.1 Å². The van der Waals surface area contributed by atoms with Crippen LogP contribution in [0.3, 0.4) is 0 Å². The molecule has 31 heavy (non-hydrogen) atoms. The van der Waals surface area contributed by atoms with Crippen LogP contribution in [0.4, 0.5) is 17.6 Å². The van der Waals surface area contributed by atoms with Crippen LogP contribution < -0.4 is 11.2 Å². The minimum atomic E-state index is -5.01. The Morgan fingerprint density at radius 3 is 2.29 bits per heavy atom. The van der Waals surface area contributed by atoms with Gasteiger partial charge in [-0.2, -0.15) is 13.2 Å². The Morgan fingerprint density at radius 1 is 1.16 bits per heavy atom. The van der Waals surface area contributed by atoms with Crippen LogP contribution in [0, 0.1) is 5.82 Å². The Labute approximate surface area is 175 Å². The van der Waals surface area contributed by atoms with E-state index in [-0.39, 0.29) is 28.0 Å².